The molecular formula is C22H27FN2O2. The van der Waals surface area contributed by atoms with Crippen LogP contribution in [0.25, 0.3) is 0 Å². The number of halogens is 1. The van der Waals surface area contributed by atoms with Crippen LogP contribution in [0.5, 0.6) is 5.75 Å². The van der Waals surface area contributed by atoms with E-state index in [1.54, 1.807) is 7.11 Å². The van der Waals surface area contributed by atoms with Gasteiger partial charge in [-0.3, -0.25) is 9.69 Å². The number of methoxy groups -OCH3 is 1. The van der Waals surface area contributed by atoms with Gasteiger partial charge < -0.3 is 10.1 Å². The molecule has 0 radical (unpaired) electrons. The lowest BCUT2D eigenvalue weighted by atomic mass is 10.0. The minimum absolute atomic E-state index is 0.110. The Morgan fingerprint density at radius 3 is 2.26 bits per heavy atom. The molecule has 1 saturated heterocycles. The summed E-state index contributed by atoms with van der Waals surface area (Å²) in [5.74, 6) is 0.305. The summed E-state index contributed by atoms with van der Waals surface area (Å²) in [5, 5.41) is 3.03. The zero-order chi connectivity index (χ0) is 19.1. The van der Waals surface area contributed by atoms with Gasteiger partial charge in [-0.15, -0.1) is 0 Å². The number of nitrogens with one attached hydrogen (secondary N) is 1. The number of likely N-dealkylation sites (tertiary alicyclic amines) is 1. The van der Waals surface area contributed by atoms with Gasteiger partial charge in [-0.1, -0.05) is 25.0 Å². The summed E-state index contributed by atoms with van der Waals surface area (Å²) in [6.07, 6.45) is 4.87. The molecular weight excluding hydrogens is 343 g/mol. The molecule has 4 nitrogen and oxygen atoms in total. The molecule has 0 unspecified atom stereocenters. The van der Waals surface area contributed by atoms with Crippen molar-refractivity contribution >= 4 is 5.91 Å². The maximum absolute atomic E-state index is 13.1. The fourth-order valence-corrected chi connectivity index (χ4v) is 3.58. The number of benzene rings is 2. The van der Waals surface area contributed by atoms with Gasteiger partial charge in [0.05, 0.1) is 13.2 Å². The van der Waals surface area contributed by atoms with Crippen molar-refractivity contribution in [1.29, 1.82) is 0 Å². The van der Waals surface area contributed by atoms with E-state index in [1.165, 1.54) is 49.9 Å². The molecule has 1 fully saturated rings. The number of nitrogens with zero attached hydrogens (tertiary/aromatic N) is 1. The molecule has 0 spiro atoms. The monoisotopic (exact) mass is 370 g/mol. The number of hydrogen-bond donors (Lipinski definition) is 1. The average Bonchev–Trinajstić information content (AvgIpc) is 2.98. The zero-order valence-corrected chi connectivity index (χ0v) is 15.8. The second kappa shape index (κ2) is 9.51. The van der Waals surface area contributed by atoms with E-state index in [-0.39, 0.29) is 17.8 Å². The molecule has 1 amide bonds. The molecule has 1 heterocycles. The minimum Gasteiger partial charge on any atom is -0.497 e. The number of amides is 1. The van der Waals surface area contributed by atoms with Gasteiger partial charge in [0.1, 0.15) is 11.6 Å². The van der Waals surface area contributed by atoms with Crippen molar-refractivity contribution in [3.63, 3.8) is 0 Å². The van der Waals surface area contributed by atoms with Gasteiger partial charge in [-0.25, -0.2) is 4.39 Å². The van der Waals surface area contributed by atoms with Gasteiger partial charge in [0, 0.05) is 12.1 Å². The Morgan fingerprint density at radius 2 is 1.67 bits per heavy atom. The molecule has 1 N–H and O–H groups in total. The van der Waals surface area contributed by atoms with Crippen LogP contribution >= 0.6 is 0 Å². The number of ether oxygens (including phenoxy) is 1. The van der Waals surface area contributed by atoms with Crippen molar-refractivity contribution in [1.82, 2.24) is 10.2 Å². The molecule has 2 aromatic carbocycles. The van der Waals surface area contributed by atoms with Crippen LogP contribution in [0.2, 0.25) is 0 Å². The molecule has 0 bridgehead atoms. The molecule has 0 aliphatic carbocycles. The van der Waals surface area contributed by atoms with Crippen molar-refractivity contribution in [2.75, 3.05) is 26.7 Å². The second-order valence-electron chi connectivity index (χ2n) is 6.96. The topological polar surface area (TPSA) is 41.6 Å². The largest absolute Gasteiger partial charge is 0.497 e. The van der Waals surface area contributed by atoms with Gasteiger partial charge in [-0.2, -0.15) is 0 Å². The zero-order valence-electron chi connectivity index (χ0n) is 15.8. The third-order valence-corrected chi connectivity index (χ3v) is 5.14. The Labute approximate surface area is 160 Å². The molecule has 1 aliphatic rings. The predicted molar refractivity (Wildman–Crippen MR) is 105 cm³/mol. The van der Waals surface area contributed by atoms with Crippen molar-refractivity contribution in [3.05, 3.63) is 65.5 Å². The molecule has 2 aromatic rings. The molecule has 1 aliphatic heterocycles. The highest BCUT2D eigenvalue weighted by Gasteiger charge is 2.22. The van der Waals surface area contributed by atoms with Gasteiger partial charge in [0.2, 0.25) is 0 Å². The van der Waals surface area contributed by atoms with Crippen LogP contribution in [0, 0.1) is 5.82 Å². The first-order valence-electron chi connectivity index (χ1n) is 9.59. The van der Waals surface area contributed by atoms with Crippen LogP contribution in [-0.4, -0.2) is 37.6 Å². The average molecular weight is 370 g/mol. The number of hydrogen-bond acceptors (Lipinski definition) is 3. The van der Waals surface area contributed by atoms with Gasteiger partial charge in [-0.05, 0) is 67.9 Å². The lowest BCUT2D eigenvalue weighted by Gasteiger charge is -2.31. The standard InChI is InChI=1S/C22H27FN2O2/c1-27-20-12-8-17(9-13-20)21(25-14-4-2-3-5-15-25)16-24-22(26)18-6-10-19(23)11-7-18/h6-13,21H,2-5,14-16H2,1H3,(H,24,26)/t21-/m0/s1. The first-order valence-corrected chi connectivity index (χ1v) is 9.59. The van der Waals surface area contributed by atoms with E-state index in [1.807, 2.05) is 12.1 Å². The highest BCUT2D eigenvalue weighted by atomic mass is 19.1. The van der Waals surface area contributed by atoms with Gasteiger partial charge in [0.15, 0.2) is 0 Å². The van der Waals surface area contributed by atoms with E-state index < -0.39 is 0 Å². The smallest absolute Gasteiger partial charge is 0.251 e. The quantitative estimate of drug-likeness (QED) is 0.829. The third kappa shape index (κ3) is 5.30. The van der Waals surface area contributed by atoms with E-state index in [4.69, 9.17) is 4.74 Å². The maximum Gasteiger partial charge on any atom is 0.251 e. The van der Waals surface area contributed by atoms with E-state index in [0.29, 0.717) is 12.1 Å². The Kier molecular flexibility index (Phi) is 6.82. The first kappa shape index (κ1) is 19.4. The van der Waals surface area contributed by atoms with Crippen molar-refractivity contribution in [2.45, 2.75) is 31.7 Å². The summed E-state index contributed by atoms with van der Waals surface area (Å²) in [6.45, 7) is 2.58. The Bertz CT molecular complexity index is 723. The van der Waals surface area contributed by atoms with E-state index in [9.17, 15) is 9.18 Å². The second-order valence-corrected chi connectivity index (χ2v) is 6.96. The lowest BCUT2D eigenvalue weighted by Crippen LogP contribution is -2.38. The fourth-order valence-electron chi connectivity index (χ4n) is 3.58. The normalized spacial score (nSPS) is 16.4. The van der Waals surface area contributed by atoms with Crippen molar-refractivity contribution < 1.29 is 13.9 Å². The van der Waals surface area contributed by atoms with Crippen molar-refractivity contribution in [3.8, 4) is 5.75 Å². The highest BCUT2D eigenvalue weighted by molar-refractivity contribution is 5.94. The summed E-state index contributed by atoms with van der Waals surface area (Å²) in [6, 6.07) is 13.8. The summed E-state index contributed by atoms with van der Waals surface area (Å²) in [4.78, 5) is 14.9. The number of carbonyl (C=O) groups excluding carboxylic acids is 1. The predicted octanol–water partition coefficient (Wildman–Crippen LogP) is 4.18. The van der Waals surface area contributed by atoms with E-state index in [0.717, 1.165) is 24.4 Å². The Morgan fingerprint density at radius 1 is 1.04 bits per heavy atom. The SMILES string of the molecule is COc1ccc([C@H](CNC(=O)c2ccc(F)cc2)N2CCCCCC2)cc1. The lowest BCUT2D eigenvalue weighted by molar-refractivity contribution is 0.0933. The van der Waals surface area contributed by atoms with Gasteiger partial charge in [0.25, 0.3) is 5.91 Å². The maximum atomic E-state index is 13.1. The third-order valence-electron chi connectivity index (χ3n) is 5.14. The molecule has 27 heavy (non-hydrogen) atoms. The number of carbonyl (C=O) groups is 1. The summed E-state index contributed by atoms with van der Waals surface area (Å²) < 4.78 is 18.3. The van der Waals surface area contributed by atoms with Crippen molar-refractivity contribution in [2.24, 2.45) is 0 Å². The number of rotatable bonds is 6. The van der Waals surface area contributed by atoms with Gasteiger partial charge >= 0.3 is 0 Å². The minimum atomic E-state index is -0.341. The van der Waals surface area contributed by atoms with Crippen LogP contribution in [0.4, 0.5) is 4.39 Å². The highest BCUT2D eigenvalue weighted by Crippen LogP contribution is 2.25. The van der Waals surface area contributed by atoms with E-state index in [2.05, 4.69) is 22.3 Å². The molecule has 144 valence electrons. The summed E-state index contributed by atoms with van der Waals surface area (Å²) in [7, 11) is 1.66. The molecule has 1 atom stereocenters. The van der Waals surface area contributed by atoms with Crippen LogP contribution in [0.15, 0.2) is 48.5 Å². The van der Waals surface area contributed by atoms with Crippen LogP contribution in [-0.2, 0) is 0 Å². The molecule has 3 rings (SSSR count). The van der Waals surface area contributed by atoms with Crippen LogP contribution < -0.4 is 10.1 Å². The molecule has 0 saturated carbocycles. The molecule has 0 aromatic heterocycles. The van der Waals surface area contributed by atoms with Crippen LogP contribution in [0.1, 0.15) is 47.6 Å². The first-order chi connectivity index (χ1) is 13.2. The Balaban J connectivity index is 1.73. The summed E-state index contributed by atoms with van der Waals surface area (Å²) >= 11 is 0. The van der Waals surface area contributed by atoms with Crippen LogP contribution in [0.3, 0.4) is 0 Å². The molecule has 5 heteroatoms. The fraction of sp³-hybridized carbons (Fsp3) is 0.409. The Hall–Kier alpha value is -2.40. The van der Waals surface area contributed by atoms with E-state index >= 15 is 0 Å². The summed E-state index contributed by atoms with van der Waals surface area (Å²) in [5.41, 5.74) is 1.64.